The van der Waals surface area contributed by atoms with Crippen molar-refractivity contribution in [2.75, 3.05) is 6.54 Å². The fourth-order valence-electron chi connectivity index (χ4n) is 2.54. The Balaban J connectivity index is 2.20. The molecule has 18 heavy (non-hydrogen) atoms. The lowest BCUT2D eigenvalue weighted by molar-refractivity contribution is 0.580. The lowest BCUT2D eigenvalue weighted by Gasteiger charge is -2.14. The van der Waals surface area contributed by atoms with Crippen molar-refractivity contribution in [3.8, 4) is 0 Å². The summed E-state index contributed by atoms with van der Waals surface area (Å²) < 4.78 is 2.36. The van der Waals surface area contributed by atoms with Crippen LogP contribution in [-0.2, 0) is 0 Å². The van der Waals surface area contributed by atoms with Crippen molar-refractivity contribution < 1.29 is 0 Å². The summed E-state index contributed by atoms with van der Waals surface area (Å²) in [4.78, 5) is 4.78. The molecule has 1 aromatic heterocycles. The molecule has 0 saturated heterocycles. The van der Waals surface area contributed by atoms with E-state index in [0.29, 0.717) is 18.5 Å². The molecule has 3 nitrogen and oxygen atoms in total. The second-order valence-electron chi connectivity index (χ2n) is 5.05. The Labute approximate surface area is 112 Å². The Morgan fingerprint density at radius 1 is 1.50 bits per heavy atom. The summed E-state index contributed by atoms with van der Waals surface area (Å²) in [5, 5.41) is 0.775. The minimum absolute atomic E-state index is 0.344. The first-order chi connectivity index (χ1) is 8.74. The van der Waals surface area contributed by atoms with E-state index in [1.165, 1.54) is 12.8 Å². The molecule has 1 aliphatic carbocycles. The second-order valence-corrected chi connectivity index (χ2v) is 5.48. The van der Waals surface area contributed by atoms with Crippen LogP contribution in [0.4, 0.5) is 0 Å². The molecule has 1 atom stereocenters. The third-order valence-electron chi connectivity index (χ3n) is 3.73. The monoisotopic (exact) mass is 263 g/mol. The molecular weight excluding hydrogens is 246 g/mol. The van der Waals surface area contributed by atoms with Crippen LogP contribution in [0.3, 0.4) is 0 Å². The first-order valence-corrected chi connectivity index (χ1v) is 6.99. The van der Waals surface area contributed by atoms with E-state index in [0.717, 1.165) is 28.3 Å². The van der Waals surface area contributed by atoms with E-state index >= 15 is 0 Å². The highest BCUT2D eigenvalue weighted by Gasteiger charge is 2.30. The van der Waals surface area contributed by atoms with Gasteiger partial charge in [0.25, 0.3) is 0 Å². The number of hydrogen-bond acceptors (Lipinski definition) is 2. The molecule has 1 aromatic carbocycles. The Hall–Kier alpha value is -1.06. The number of rotatable bonds is 4. The zero-order valence-corrected chi connectivity index (χ0v) is 11.3. The molecule has 1 heterocycles. The van der Waals surface area contributed by atoms with Crippen molar-refractivity contribution in [3.63, 3.8) is 0 Å². The smallest absolute Gasteiger partial charge is 0.114 e. The summed E-state index contributed by atoms with van der Waals surface area (Å²) in [6.07, 6.45) is 3.51. The van der Waals surface area contributed by atoms with E-state index in [9.17, 15) is 0 Å². The fraction of sp³-hybridized carbons (Fsp3) is 0.500. The topological polar surface area (TPSA) is 43.8 Å². The SMILES string of the molecule is CCC(CN)c1nc2ccc(Cl)cc2n1C1CC1. The summed E-state index contributed by atoms with van der Waals surface area (Å²) in [6, 6.07) is 6.53. The van der Waals surface area contributed by atoms with Gasteiger partial charge < -0.3 is 10.3 Å². The van der Waals surface area contributed by atoms with Gasteiger partial charge >= 0.3 is 0 Å². The van der Waals surface area contributed by atoms with Crippen molar-refractivity contribution in [1.29, 1.82) is 0 Å². The summed E-state index contributed by atoms with van der Waals surface area (Å²) in [6.45, 7) is 2.82. The molecular formula is C14H18ClN3. The fourth-order valence-corrected chi connectivity index (χ4v) is 2.71. The highest BCUT2D eigenvalue weighted by Crippen LogP contribution is 2.41. The molecule has 2 aromatic rings. The van der Waals surface area contributed by atoms with Gasteiger partial charge in [-0.1, -0.05) is 18.5 Å². The average molecular weight is 264 g/mol. The van der Waals surface area contributed by atoms with Crippen molar-refractivity contribution in [3.05, 3.63) is 29.0 Å². The van der Waals surface area contributed by atoms with Crippen LogP contribution in [0, 0.1) is 0 Å². The van der Waals surface area contributed by atoms with Crippen LogP contribution >= 0.6 is 11.6 Å². The molecule has 0 spiro atoms. The van der Waals surface area contributed by atoms with Gasteiger partial charge in [0.1, 0.15) is 5.82 Å². The van der Waals surface area contributed by atoms with Crippen molar-refractivity contribution in [2.24, 2.45) is 5.73 Å². The first-order valence-electron chi connectivity index (χ1n) is 6.62. The molecule has 1 saturated carbocycles. The van der Waals surface area contributed by atoms with Gasteiger partial charge in [0, 0.05) is 23.5 Å². The van der Waals surface area contributed by atoms with Crippen molar-refractivity contribution in [1.82, 2.24) is 9.55 Å². The average Bonchev–Trinajstić information content (AvgIpc) is 3.13. The van der Waals surface area contributed by atoms with Crippen LogP contribution in [0.15, 0.2) is 18.2 Å². The molecule has 0 bridgehead atoms. The van der Waals surface area contributed by atoms with Crippen LogP contribution in [0.25, 0.3) is 11.0 Å². The number of nitrogens with zero attached hydrogens (tertiary/aromatic N) is 2. The lowest BCUT2D eigenvalue weighted by Crippen LogP contribution is -2.16. The molecule has 0 aliphatic heterocycles. The number of aromatic nitrogens is 2. The van der Waals surface area contributed by atoms with Crippen LogP contribution in [0.5, 0.6) is 0 Å². The van der Waals surface area contributed by atoms with Gasteiger partial charge in [-0.2, -0.15) is 0 Å². The highest BCUT2D eigenvalue weighted by atomic mass is 35.5. The van der Waals surface area contributed by atoms with Crippen molar-refractivity contribution in [2.45, 2.75) is 38.1 Å². The second kappa shape index (κ2) is 4.56. The third kappa shape index (κ3) is 1.91. The normalized spacial score (nSPS) is 17.3. The van der Waals surface area contributed by atoms with Gasteiger partial charge in [-0.3, -0.25) is 0 Å². The van der Waals surface area contributed by atoms with Crippen LogP contribution in [-0.4, -0.2) is 16.1 Å². The van der Waals surface area contributed by atoms with Gasteiger partial charge in [-0.15, -0.1) is 0 Å². The number of benzene rings is 1. The maximum Gasteiger partial charge on any atom is 0.114 e. The van der Waals surface area contributed by atoms with Crippen LogP contribution < -0.4 is 5.73 Å². The standard InChI is InChI=1S/C14H18ClN3/c1-2-9(8-16)14-17-12-6-3-10(15)7-13(12)18(14)11-4-5-11/h3,6-7,9,11H,2,4-5,8,16H2,1H3. The van der Waals surface area contributed by atoms with Gasteiger partial charge in [0.2, 0.25) is 0 Å². The van der Waals surface area contributed by atoms with Crippen LogP contribution in [0.2, 0.25) is 5.02 Å². The van der Waals surface area contributed by atoms with E-state index < -0.39 is 0 Å². The maximum atomic E-state index is 6.11. The third-order valence-corrected chi connectivity index (χ3v) is 3.97. The molecule has 1 aliphatic rings. The van der Waals surface area contributed by atoms with E-state index in [-0.39, 0.29) is 0 Å². The Morgan fingerprint density at radius 3 is 2.89 bits per heavy atom. The maximum absolute atomic E-state index is 6.11. The predicted octanol–water partition coefficient (Wildman–Crippen LogP) is 3.48. The molecule has 4 heteroatoms. The largest absolute Gasteiger partial charge is 0.330 e. The van der Waals surface area contributed by atoms with Gasteiger partial charge in [0.15, 0.2) is 0 Å². The van der Waals surface area contributed by atoms with E-state index in [2.05, 4.69) is 11.5 Å². The van der Waals surface area contributed by atoms with Gasteiger partial charge in [-0.05, 0) is 37.5 Å². The summed E-state index contributed by atoms with van der Waals surface area (Å²) in [5.41, 5.74) is 8.07. The molecule has 96 valence electrons. The minimum atomic E-state index is 0.344. The minimum Gasteiger partial charge on any atom is -0.330 e. The van der Waals surface area contributed by atoms with Gasteiger partial charge in [-0.25, -0.2) is 4.98 Å². The number of nitrogens with two attached hydrogens (primary N) is 1. The highest BCUT2D eigenvalue weighted by molar-refractivity contribution is 6.31. The summed E-state index contributed by atoms with van der Waals surface area (Å²) >= 11 is 6.11. The molecule has 2 N–H and O–H groups in total. The summed E-state index contributed by atoms with van der Waals surface area (Å²) in [7, 11) is 0. The first kappa shape index (κ1) is 12.0. The number of hydrogen-bond donors (Lipinski definition) is 1. The van der Waals surface area contributed by atoms with Crippen LogP contribution in [0.1, 0.15) is 44.0 Å². The molecule has 0 radical (unpaired) electrons. The molecule has 1 fully saturated rings. The van der Waals surface area contributed by atoms with E-state index in [1.54, 1.807) is 0 Å². The van der Waals surface area contributed by atoms with E-state index in [1.807, 2.05) is 18.2 Å². The quantitative estimate of drug-likeness (QED) is 0.918. The number of halogens is 1. The zero-order chi connectivity index (χ0) is 12.7. The number of fused-ring (bicyclic) bond motifs is 1. The van der Waals surface area contributed by atoms with Gasteiger partial charge in [0.05, 0.1) is 11.0 Å². The number of imidazole rings is 1. The molecule has 1 unspecified atom stereocenters. The predicted molar refractivity (Wildman–Crippen MR) is 75.1 cm³/mol. The molecule has 3 rings (SSSR count). The molecule has 0 amide bonds. The Kier molecular flexibility index (Phi) is 3.04. The zero-order valence-electron chi connectivity index (χ0n) is 10.6. The summed E-state index contributed by atoms with van der Waals surface area (Å²) in [5.74, 6) is 1.48. The van der Waals surface area contributed by atoms with E-state index in [4.69, 9.17) is 22.3 Å². The lowest BCUT2D eigenvalue weighted by atomic mass is 10.1. The Bertz CT molecular complexity index is 568. The van der Waals surface area contributed by atoms with Crippen molar-refractivity contribution >= 4 is 22.6 Å². The Morgan fingerprint density at radius 2 is 2.28 bits per heavy atom.